The zero-order chi connectivity index (χ0) is 13.5. The van der Waals surface area contributed by atoms with Gasteiger partial charge in [0.15, 0.2) is 0 Å². The van der Waals surface area contributed by atoms with E-state index < -0.39 is 0 Å². The Morgan fingerprint density at radius 1 is 1.28 bits per heavy atom. The third-order valence-electron chi connectivity index (χ3n) is 3.50. The Balaban J connectivity index is 2.54. The number of hydrogen-bond acceptors (Lipinski definition) is 2. The van der Waals surface area contributed by atoms with E-state index in [-0.39, 0.29) is 5.92 Å². The molecule has 0 N–H and O–H groups in total. The molecule has 0 unspecified atom stereocenters. The van der Waals surface area contributed by atoms with Crippen molar-refractivity contribution in [3.8, 4) is 0 Å². The summed E-state index contributed by atoms with van der Waals surface area (Å²) in [5.74, 6) is 1.39. The Morgan fingerprint density at radius 2 is 1.89 bits per heavy atom. The molecule has 0 bridgehead atoms. The first-order chi connectivity index (χ1) is 8.58. The Kier molecular flexibility index (Phi) is 6.20. The predicted octanol–water partition coefficient (Wildman–Crippen LogP) is 4.22. The Labute approximate surface area is 114 Å². The van der Waals surface area contributed by atoms with Gasteiger partial charge >= 0.3 is 0 Å². The first kappa shape index (κ1) is 15.0. The molecule has 0 amide bonds. The maximum Gasteiger partial charge on any atom is 0.133 e. The lowest BCUT2D eigenvalue weighted by Gasteiger charge is -2.25. The number of halogens is 1. The zero-order valence-corrected chi connectivity index (χ0v) is 11.9. The van der Waals surface area contributed by atoms with Crippen molar-refractivity contribution >= 4 is 17.9 Å². The van der Waals surface area contributed by atoms with Crippen LogP contribution >= 0.6 is 11.6 Å². The van der Waals surface area contributed by atoms with Crippen LogP contribution in [0.4, 0.5) is 0 Å². The quantitative estimate of drug-likeness (QED) is 0.424. The molecule has 1 rings (SSSR count). The number of carbonyl (C=O) groups excluding carboxylic acids is 1. The fourth-order valence-electron chi connectivity index (χ4n) is 2.27. The lowest BCUT2D eigenvalue weighted by atomic mass is 9.79. The van der Waals surface area contributed by atoms with Crippen molar-refractivity contribution in [3.63, 3.8) is 0 Å². The van der Waals surface area contributed by atoms with Crippen LogP contribution in [-0.2, 0) is 9.53 Å². The van der Waals surface area contributed by atoms with Crippen LogP contribution in [0, 0.1) is 11.8 Å². The highest BCUT2D eigenvalue weighted by Crippen LogP contribution is 2.32. The number of methoxy groups -OCH3 is 1. The Hall–Kier alpha value is -1.02. The molecule has 2 nitrogen and oxygen atoms in total. The number of ether oxygens (including phenoxy) is 1. The Morgan fingerprint density at radius 3 is 2.33 bits per heavy atom. The van der Waals surface area contributed by atoms with Crippen LogP contribution in [0.2, 0.25) is 0 Å². The Bertz CT molecular complexity index is 357. The molecule has 0 aromatic rings. The third kappa shape index (κ3) is 4.34. The number of rotatable bonds is 5. The summed E-state index contributed by atoms with van der Waals surface area (Å²) in [5.41, 5.74) is 1.09. The second kappa shape index (κ2) is 7.42. The normalized spacial score (nSPS) is 25.7. The van der Waals surface area contributed by atoms with Gasteiger partial charge in [-0.1, -0.05) is 29.8 Å². The van der Waals surface area contributed by atoms with Gasteiger partial charge in [-0.3, -0.25) is 0 Å². The largest absolute Gasteiger partial charge is 0.496 e. The molecule has 100 valence electrons. The van der Waals surface area contributed by atoms with E-state index in [1.54, 1.807) is 14.0 Å². The maximum absolute atomic E-state index is 10.7. The summed E-state index contributed by atoms with van der Waals surface area (Å²) in [6.45, 7) is 5.89. The minimum atomic E-state index is 0.248. The molecule has 0 radical (unpaired) electrons. The fraction of sp³-hybridized carbons (Fsp3) is 0.533. The average Bonchev–Trinajstić information content (AvgIpc) is 2.39. The molecule has 0 aromatic carbocycles. The highest BCUT2D eigenvalue weighted by molar-refractivity contribution is 6.29. The standard InChI is InChI=1S/C15H21ClO2/c1-11(4-9-15(18-3)12(2)16)14-7-5-13(10-17)6-8-14/h4,9-10,13-14H,1,5-8H2,2-3H3/b9-4-,15-12-. The number of carbonyl (C=O) groups is 1. The van der Waals surface area contributed by atoms with Gasteiger partial charge in [-0.2, -0.15) is 0 Å². The van der Waals surface area contributed by atoms with Gasteiger partial charge < -0.3 is 9.53 Å². The average molecular weight is 269 g/mol. The van der Waals surface area contributed by atoms with Crippen molar-refractivity contribution < 1.29 is 9.53 Å². The SMILES string of the molecule is C=C(/C=C\C(OC)=C(/C)Cl)C1CCC(C=O)CC1. The highest BCUT2D eigenvalue weighted by Gasteiger charge is 2.21. The van der Waals surface area contributed by atoms with Gasteiger partial charge in [0.1, 0.15) is 12.0 Å². The van der Waals surface area contributed by atoms with Crippen LogP contribution in [0.3, 0.4) is 0 Å². The second-order valence-electron chi connectivity index (χ2n) is 4.76. The number of allylic oxidation sites excluding steroid dienone is 4. The van der Waals surface area contributed by atoms with E-state index in [0.29, 0.717) is 16.7 Å². The van der Waals surface area contributed by atoms with Gasteiger partial charge in [-0.25, -0.2) is 0 Å². The summed E-state index contributed by atoms with van der Waals surface area (Å²) >= 11 is 5.89. The van der Waals surface area contributed by atoms with E-state index in [9.17, 15) is 4.79 Å². The van der Waals surface area contributed by atoms with Gasteiger partial charge in [0.25, 0.3) is 0 Å². The highest BCUT2D eigenvalue weighted by atomic mass is 35.5. The minimum Gasteiger partial charge on any atom is -0.496 e. The van der Waals surface area contributed by atoms with E-state index in [1.165, 1.54) is 0 Å². The van der Waals surface area contributed by atoms with Gasteiger partial charge in [0.2, 0.25) is 0 Å². The van der Waals surface area contributed by atoms with Crippen LogP contribution in [0.15, 0.2) is 35.1 Å². The number of aldehydes is 1. The summed E-state index contributed by atoms with van der Waals surface area (Å²) in [4.78, 5) is 10.7. The molecule has 1 aliphatic carbocycles. The van der Waals surface area contributed by atoms with E-state index in [2.05, 4.69) is 6.58 Å². The smallest absolute Gasteiger partial charge is 0.133 e. The molecule has 1 fully saturated rings. The third-order valence-corrected chi connectivity index (χ3v) is 3.68. The summed E-state index contributed by atoms with van der Waals surface area (Å²) in [5, 5.41) is 0.631. The molecule has 18 heavy (non-hydrogen) atoms. The van der Waals surface area contributed by atoms with Crippen molar-refractivity contribution in [1.82, 2.24) is 0 Å². The van der Waals surface area contributed by atoms with Crippen LogP contribution in [0.5, 0.6) is 0 Å². The van der Waals surface area contributed by atoms with E-state index in [1.807, 2.05) is 12.2 Å². The van der Waals surface area contributed by atoms with Gasteiger partial charge in [0, 0.05) is 5.92 Å². The number of hydrogen-bond donors (Lipinski definition) is 0. The van der Waals surface area contributed by atoms with Crippen molar-refractivity contribution in [2.24, 2.45) is 11.8 Å². The molecule has 3 heteroatoms. The zero-order valence-electron chi connectivity index (χ0n) is 11.1. The molecule has 1 saturated carbocycles. The van der Waals surface area contributed by atoms with Crippen LogP contribution < -0.4 is 0 Å². The minimum absolute atomic E-state index is 0.248. The summed E-state index contributed by atoms with van der Waals surface area (Å²) in [6, 6.07) is 0. The lowest BCUT2D eigenvalue weighted by Crippen LogP contribution is -2.16. The molecule has 0 atom stereocenters. The fourth-order valence-corrected chi connectivity index (χ4v) is 2.41. The van der Waals surface area contributed by atoms with Crippen LogP contribution in [-0.4, -0.2) is 13.4 Å². The van der Waals surface area contributed by atoms with Crippen LogP contribution in [0.25, 0.3) is 0 Å². The van der Waals surface area contributed by atoms with Crippen LogP contribution in [0.1, 0.15) is 32.6 Å². The molecule has 0 saturated heterocycles. The second-order valence-corrected chi connectivity index (χ2v) is 5.32. The summed E-state index contributed by atoms with van der Waals surface area (Å²) in [6.07, 6.45) is 8.94. The van der Waals surface area contributed by atoms with E-state index in [0.717, 1.165) is 37.5 Å². The van der Waals surface area contributed by atoms with Gasteiger partial charge in [-0.15, -0.1) is 0 Å². The van der Waals surface area contributed by atoms with Crippen molar-refractivity contribution in [3.05, 3.63) is 35.1 Å². The van der Waals surface area contributed by atoms with Gasteiger partial charge in [0.05, 0.1) is 12.1 Å². The summed E-state index contributed by atoms with van der Waals surface area (Å²) in [7, 11) is 1.60. The lowest BCUT2D eigenvalue weighted by molar-refractivity contribution is -0.112. The molecular formula is C15H21ClO2. The van der Waals surface area contributed by atoms with Gasteiger partial charge in [-0.05, 0) is 44.6 Å². The predicted molar refractivity (Wildman–Crippen MR) is 75.4 cm³/mol. The van der Waals surface area contributed by atoms with E-state index in [4.69, 9.17) is 16.3 Å². The maximum atomic E-state index is 10.7. The topological polar surface area (TPSA) is 26.3 Å². The molecule has 0 spiro atoms. The first-order valence-corrected chi connectivity index (χ1v) is 6.68. The van der Waals surface area contributed by atoms with Crippen molar-refractivity contribution in [1.29, 1.82) is 0 Å². The molecule has 0 aromatic heterocycles. The summed E-state index contributed by atoms with van der Waals surface area (Å²) < 4.78 is 5.16. The molecule has 1 aliphatic rings. The monoisotopic (exact) mass is 268 g/mol. The first-order valence-electron chi connectivity index (χ1n) is 6.31. The van der Waals surface area contributed by atoms with Crippen molar-refractivity contribution in [2.75, 3.05) is 7.11 Å². The van der Waals surface area contributed by atoms with Crippen molar-refractivity contribution in [2.45, 2.75) is 32.6 Å². The van der Waals surface area contributed by atoms with E-state index >= 15 is 0 Å². The molecular weight excluding hydrogens is 248 g/mol. The molecule has 0 heterocycles. The molecule has 0 aliphatic heterocycles.